The highest BCUT2D eigenvalue weighted by Gasteiger charge is 2.02. The summed E-state index contributed by atoms with van der Waals surface area (Å²) in [5.41, 5.74) is 0.718. The summed E-state index contributed by atoms with van der Waals surface area (Å²) >= 11 is 0. The monoisotopic (exact) mass is 324 g/mol. The number of halogens is 1. The number of methoxy groups -OCH3 is 1. The van der Waals surface area contributed by atoms with Gasteiger partial charge in [-0.15, -0.1) is 0 Å². The molecule has 130 valence electrons. The van der Waals surface area contributed by atoms with Crippen molar-refractivity contribution in [3.05, 3.63) is 35.6 Å². The zero-order valence-corrected chi connectivity index (χ0v) is 14.4. The average Bonchev–Trinajstić information content (AvgIpc) is 2.56. The number of rotatable bonds is 10. The minimum Gasteiger partial charge on any atom is -0.383 e. The number of nitrogens with one attached hydrogen (secondary N) is 2. The van der Waals surface area contributed by atoms with Gasteiger partial charge in [0, 0.05) is 33.8 Å². The third-order valence-corrected chi connectivity index (χ3v) is 3.55. The van der Waals surface area contributed by atoms with Crippen molar-refractivity contribution in [3.8, 4) is 0 Å². The summed E-state index contributed by atoms with van der Waals surface area (Å²) < 4.78 is 18.6. The van der Waals surface area contributed by atoms with E-state index < -0.39 is 0 Å². The van der Waals surface area contributed by atoms with Gasteiger partial charge < -0.3 is 20.3 Å². The molecular weight excluding hydrogens is 295 g/mol. The molecule has 0 fully saturated rings. The van der Waals surface area contributed by atoms with E-state index in [0.717, 1.165) is 44.2 Å². The Kier molecular flexibility index (Phi) is 9.99. The molecular formula is C17H29FN4O. The lowest BCUT2D eigenvalue weighted by Gasteiger charge is -2.17. The molecule has 0 aliphatic rings. The summed E-state index contributed by atoms with van der Waals surface area (Å²) in [6.07, 6.45) is 1.65. The van der Waals surface area contributed by atoms with Gasteiger partial charge in [-0.1, -0.05) is 18.2 Å². The molecule has 0 bridgehead atoms. The fourth-order valence-corrected chi connectivity index (χ4v) is 2.15. The number of hydrogen-bond acceptors (Lipinski definition) is 3. The van der Waals surface area contributed by atoms with Gasteiger partial charge >= 0.3 is 0 Å². The second-order valence-electron chi connectivity index (χ2n) is 5.42. The first kappa shape index (κ1) is 19.4. The first-order valence-corrected chi connectivity index (χ1v) is 8.02. The van der Waals surface area contributed by atoms with Gasteiger partial charge in [0.2, 0.25) is 0 Å². The Balaban J connectivity index is 2.16. The van der Waals surface area contributed by atoms with Crippen LogP contribution in [0.1, 0.15) is 12.0 Å². The van der Waals surface area contributed by atoms with E-state index in [0.29, 0.717) is 13.0 Å². The minimum absolute atomic E-state index is 0.156. The van der Waals surface area contributed by atoms with E-state index in [9.17, 15) is 4.39 Å². The Bertz CT molecular complexity index is 468. The summed E-state index contributed by atoms with van der Waals surface area (Å²) in [5, 5.41) is 6.48. The van der Waals surface area contributed by atoms with E-state index >= 15 is 0 Å². The molecule has 0 unspecified atom stereocenters. The lowest BCUT2D eigenvalue weighted by atomic mass is 10.1. The number of ether oxygens (including phenoxy) is 1. The molecule has 0 amide bonds. The summed E-state index contributed by atoms with van der Waals surface area (Å²) in [5.74, 6) is 0.595. The maximum Gasteiger partial charge on any atom is 0.190 e. The van der Waals surface area contributed by atoms with Crippen molar-refractivity contribution in [2.45, 2.75) is 12.8 Å². The van der Waals surface area contributed by atoms with Crippen LogP contribution in [0.25, 0.3) is 0 Å². The molecule has 0 heterocycles. The normalized spacial score (nSPS) is 11.8. The van der Waals surface area contributed by atoms with Crippen molar-refractivity contribution in [2.75, 3.05) is 54.0 Å². The molecule has 0 saturated heterocycles. The van der Waals surface area contributed by atoms with Crippen LogP contribution in [-0.2, 0) is 11.2 Å². The first-order valence-electron chi connectivity index (χ1n) is 8.02. The van der Waals surface area contributed by atoms with Gasteiger partial charge in [0.1, 0.15) is 5.82 Å². The van der Waals surface area contributed by atoms with Gasteiger partial charge in [-0.2, -0.15) is 0 Å². The molecule has 0 radical (unpaired) electrons. The van der Waals surface area contributed by atoms with Crippen molar-refractivity contribution >= 4 is 5.96 Å². The lowest BCUT2D eigenvalue weighted by molar-refractivity contribution is 0.161. The SMILES string of the molecule is CN=C(NCCCN(C)CCOC)NCCc1ccccc1F. The third kappa shape index (κ3) is 8.52. The van der Waals surface area contributed by atoms with Gasteiger partial charge in [0.15, 0.2) is 5.96 Å². The molecule has 0 aliphatic carbocycles. The molecule has 0 saturated carbocycles. The second-order valence-corrected chi connectivity index (χ2v) is 5.42. The summed E-state index contributed by atoms with van der Waals surface area (Å²) in [7, 11) is 5.54. The Morgan fingerprint density at radius 1 is 1.22 bits per heavy atom. The van der Waals surface area contributed by atoms with Gasteiger partial charge in [-0.05, 0) is 38.1 Å². The van der Waals surface area contributed by atoms with Gasteiger partial charge in [0.25, 0.3) is 0 Å². The molecule has 5 nitrogen and oxygen atoms in total. The van der Waals surface area contributed by atoms with E-state index in [4.69, 9.17) is 4.74 Å². The summed E-state index contributed by atoms with van der Waals surface area (Å²) in [6.45, 7) is 4.18. The molecule has 23 heavy (non-hydrogen) atoms. The van der Waals surface area contributed by atoms with E-state index in [1.165, 1.54) is 6.07 Å². The highest BCUT2D eigenvalue weighted by molar-refractivity contribution is 5.79. The third-order valence-electron chi connectivity index (χ3n) is 3.55. The molecule has 1 rings (SSSR count). The summed E-state index contributed by atoms with van der Waals surface area (Å²) in [4.78, 5) is 6.41. The number of likely N-dealkylation sites (N-methyl/N-ethyl adjacent to an activating group) is 1. The Hall–Kier alpha value is -1.66. The number of benzene rings is 1. The molecule has 1 aromatic carbocycles. The largest absolute Gasteiger partial charge is 0.383 e. The number of nitrogens with zero attached hydrogens (tertiary/aromatic N) is 2. The number of guanidine groups is 1. The lowest BCUT2D eigenvalue weighted by Crippen LogP contribution is -2.39. The fraction of sp³-hybridized carbons (Fsp3) is 0.588. The average molecular weight is 324 g/mol. The van der Waals surface area contributed by atoms with Gasteiger partial charge in [0.05, 0.1) is 6.61 Å². The highest BCUT2D eigenvalue weighted by atomic mass is 19.1. The van der Waals surface area contributed by atoms with Crippen LogP contribution < -0.4 is 10.6 Å². The van der Waals surface area contributed by atoms with Crippen LogP contribution >= 0.6 is 0 Å². The molecule has 0 aromatic heterocycles. The maximum absolute atomic E-state index is 13.5. The van der Waals surface area contributed by atoms with Crippen LogP contribution in [0.15, 0.2) is 29.3 Å². The Morgan fingerprint density at radius 2 is 1.96 bits per heavy atom. The van der Waals surface area contributed by atoms with Crippen LogP contribution in [-0.4, -0.2) is 64.9 Å². The van der Waals surface area contributed by atoms with Crippen molar-refractivity contribution in [3.63, 3.8) is 0 Å². The molecule has 1 aromatic rings. The first-order chi connectivity index (χ1) is 11.2. The Labute approximate surface area is 138 Å². The molecule has 6 heteroatoms. The predicted octanol–water partition coefficient (Wildman–Crippen LogP) is 1.50. The van der Waals surface area contributed by atoms with Crippen LogP contribution in [0, 0.1) is 5.82 Å². The molecule has 2 N–H and O–H groups in total. The smallest absolute Gasteiger partial charge is 0.190 e. The zero-order chi connectivity index (χ0) is 16.9. The Morgan fingerprint density at radius 3 is 2.65 bits per heavy atom. The van der Waals surface area contributed by atoms with Crippen molar-refractivity contribution < 1.29 is 9.13 Å². The predicted molar refractivity (Wildman–Crippen MR) is 93.5 cm³/mol. The van der Waals surface area contributed by atoms with Gasteiger partial charge in [-0.3, -0.25) is 4.99 Å². The second kappa shape index (κ2) is 11.8. The summed E-state index contributed by atoms with van der Waals surface area (Å²) in [6, 6.07) is 6.85. The van der Waals surface area contributed by atoms with Crippen molar-refractivity contribution in [1.82, 2.24) is 15.5 Å². The zero-order valence-electron chi connectivity index (χ0n) is 14.4. The molecule has 0 aliphatic heterocycles. The van der Waals surface area contributed by atoms with Crippen molar-refractivity contribution in [1.29, 1.82) is 0 Å². The van der Waals surface area contributed by atoms with Crippen LogP contribution in [0.2, 0.25) is 0 Å². The van der Waals surface area contributed by atoms with Crippen molar-refractivity contribution in [2.24, 2.45) is 4.99 Å². The maximum atomic E-state index is 13.5. The van der Waals surface area contributed by atoms with E-state index in [1.54, 1.807) is 20.2 Å². The number of hydrogen-bond donors (Lipinski definition) is 2. The van der Waals surface area contributed by atoms with Gasteiger partial charge in [-0.25, -0.2) is 4.39 Å². The number of aliphatic imine (C=N–C) groups is 1. The van der Waals surface area contributed by atoms with Crippen LogP contribution in [0.5, 0.6) is 0 Å². The van der Waals surface area contributed by atoms with Crippen LogP contribution in [0.3, 0.4) is 0 Å². The minimum atomic E-state index is -0.156. The van der Waals surface area contributed by atoms with Crippen LogP contribution in [0.4, 0.5) is 4.39 Å². The van der Waals surface area contributed by atoms with E-state index in [2.05, 4.69) is 27.6 Å². The quantitative estimate of drug-likeness (QED) is 0.389. The highest BCUT2D eigenvalue weighted by Crippen LogP contribution is 2.05. The molecule has 0 spiro atoms. The topological polar surface area (TPSA) is 48.9 Å². The molecule has 0 atom stereocenters. The van der Waals surface area contributed by atoms with E-state index in [-0.39, 0.29) is 5.82 Å². The standard InChI is InChI=1S/C17H29FN4O/c1-19-17(20-10-6-12-22(2)13-14-23-3)21-11-9-15-7-4-5-8-16(15)18/h4-5,7-8H,6,9-14H2,1-3H3,(H2,19,20,21). The van der Waals surface area contributed by atoms with E-state index in [1.807, 2.05) is 12.1 Å². The fourth-order valence-electron chi connectivity index (χ4n) is 2.15.